The molecule has 3 saturated carbocycles. The minimum absolute atomic E-state index is 0.0304. The second-order valence-electron chi connectivity index (χ2n) is 12.1. The number of aliphatic carboxylic acids is 2. The third kappa shape index (κ3) is 6.65. The summed E-state index contributed by atoms with van der Waals surface area (Å²) in [6.45, 7) is 7.72. The van der Waals surface area contributed by atoms with Gasteiger partial charge in [0.05, 0.1) is 17.9 Å². The van der Waals surface area contributed by atoms with Gasteiger partial charge in [0.25, 0.3) is 0 Å². The van der Waals surface area contributed by atoms with E-state index in [-0.39, 0.29) is 42.9 Å². The number of ketones is 1. The summed E-state index contributed by atoms with van der Waals surface area (Å²) in [6.07, 6.45) is 8.84. The van der Waals surface area contributed by atoms with Crippen molar-refractivity contribution < 1.29 is 29.3 Å². The number of aliphatic imine (C=N–C) groups is 1. The van der Waals surface area contributed by atoms with Crippen molar-refractivity contribution in [2.75, 3.05) is 13.3 Å². The number of carboxylic acids is 2. The van der Waals surface area contributed by atoms with Gasteiger partial charge in [-0.2, -0.15) is 0 Å². The van der Waals surface area contributed by atoms with Crippen molar-refractivity contribution in [1.82, 2.24) is 10.6 Å². The summed E-state index contributed by atoms with van der Waals surface area (Å²) >= 11 is 0. The molecule has 0 saturated heterocycles. The first-order valence-corrected chi connectivity index (χ1v) is 14.6. The maximum Gasteiger partial charge on any atom is 0.306 e. The van der Waals surface area contributed by atoms with Crippen molar-refractivity contribution >= 4 is 23.4 Å². The number of fused-ring (bicyclic) bond motifs is 1. The SMILES string of the molecule is CCNC1CC(C)C(N=C2C=C(OCNC3CC(C(=O)O)CC(C(=O)O)C3)C(=O)C3CCCCC23)C(C)C1. The molecule has 0 aromatic carbocycles. The Bertz CT molecular complexity index is 915. The molecule has 38 heavy (non-hydrogen) atoms. The van der Waals surface area contributed by atoms with E-state index in [0.29, 0.717) is 36.5 Å². The zero-order chi connectivity index (χ0) is 27.4. The highest BCUT2D eigenvalue weighted by atomic mass is 16.5. The molecule has 4 N–H and O–H groups in total. The van der Waals surface area contributed by atoms with E-state index < -0.39 is 23.8 Å². The van der Waals surface area contributed by atoms with E-state index in [0.717, 1.165) is 50.8 Å². The molecule has 0 bridgehead atoms. The molecule has 9 heteroatoms. The van der Waals surface area contributed by atoms with Gasteiger partial charge in [0.15, 0.2) is 5.76 Å². The highest BCUT2D eigenvalue weighted by Gasteiger charge is 2.42. The van der Waals surface area contributed by atoms with E-state index >= 15 is 0 Å². The van der Waals surface area contributed by atoms with Crippen LogP contribution in [0.3, 0.4) is 0 Å². The molecule has 9 nitrogen and oxygen atoms in total. The molecule has 0 spiro atoms. The first kappa shape index (κ1) is 28.7. The van der Waals surface area contributed by atoms with Gasteiger partial charge in [-0.3, -0.25) is 24.7 Å². The molecule has 4 aliphatic rings. The fourth-order valence-electron chi connectivity index (χ4n) is 7.38. The zero-order valence-corrected chi connectivity index (χ0v) is 23.0. The van der Waals surface area contributed by atoms with Crippen molar-refractivity contribution in [3.63, 3.8) is 0 Å². The average Bonchev–Trinajstić information content (AvgIpc) is 2.88. The molecule has 4 rings (SSSR count). The van der Waals surface area contributed by atoms with Crippen LogP contribution in [0.2, 0.25) is 0 Å². The second-order valence-corrected chi connectivity index (χ2v) is 12.1. The van der Waals surface area contributed by atoms with Crippen molar-refractivity contribution in [2.24, 2.45) is 40.5 Å². The number of nitrogens with one attached hydrogen (secondary N) is 2. The first-order valence-electron chi connectivity index (χ1n) is 14.6. The summed E-state index contributed by atoms with van der Waals surface area (Å²) in [5.41, 5.74) is 0.990. The number of carboxylic acid groups (broad SMARTS) is 2. The number of carbonyl (C=O) groups excluding carboxylic acids is 1. The van der Waals surface area contributed by atoms with Crippen LogP contribution in [-0.4, -0.2) is 65.0 Å². The summed E-state index contributed by atoms with van der Waals surface area (Å²) in [5.74, 6) is -2.05. The zero-order valence-electron chi connectivity index (χ0n) is 23.0. The van der Waals surface area contributed by atoms with Gasteiger partial charge in [-0.25, -0.2) is 0 Å². The Morgan fingerprint density at radius 3 is 2.08 bits per heavy atom. The molecule has 0 heterocycles. The van der Waals surface area contributed by atoms with Gasteiger partial charge in [0.1, 0.15) is 6.73 Å². The topological polar surface area (TPSA) is 137 Å². The molecular formula is C29H45N3O6. The lowest BCUT2D eigenvalue weighted by Crippen LogP contribution is -2.44. The minimum Gasteiger partial charge on any atom is -0.481 e. The van der Waals surface area contributed by atoms with E-state index in [1.165, 1.54) is 0 Å². The normalized spacial score (nSPS) is 38.8. The fourth-order valence-corrected chi connectivity index (χ4v) is 7.38. The Morgan fingerprint density at radius 2 is 1.50 bits per heavy atom. The lowest BCUT2D eigenvalue weighted by molar-refractivity contribution is -0.148. The standard InChI is InChI=1S/C29H45N3O6/c1-4-30-20-9-16(2)26(17(3)10-20)32-24-14-25(27(33)23-8-6-5-7-22(23)24)38-15-31-21-12-18(28(34)35)11-19(13-21)29(36)37/h14,16-23,26,30-31H,4-13,15H2,1-3H3,(H,34,35)(H,36,37). The van der Waals surface area contributed by atoms with E-state index in [1.807, 2.05) is 6.08 Å². The highest BCUT2D eigenvalue weighted by molar-refractivity contribution is 6.11. The Morgan fingerprint density at radius 1 is 0.921 bits per heavy atom. The maximum absolute atomic E-state index is 13.4. The lowest BCUT2D eigenvalue weighted by Gasteiger charge is -2.40. The van der Waals surface area contributed by atoms with E-state index in [9.17, 15) is 24.6 Å². The number of hydrogen-bond donors (Lipinski definition) is 4. The van der Waals surface area contributed by atoms with Gasteiger partial charge in [-0.15, -0.1) is 0 Å². The van der Waals surface area contributed by atoms with Gasteiger partial charge in [-0.05, 0) is 63.3 Å². The number of carbonyl (C=O) groups is 3. The van der Waals surface area contributed by atoms with Crippen LogP contribution < -0.4 is 10.6 Å². The van der Waals surface area contributed by atoms with E-state index in [2.05, 4.69) is 31.4 Å². The van der Waals surface area contributed by atoms with Crippen LogP contribution in [0.15, 0.2) is 16.8 Å². The Kier molecular flexibility index (Phi) is 9.63. The monoisotopic (exact) mass is 531 g/mol. The molecule has 212 valence electrons. The molecule has 3 fully saturated rings. The lowest BCUT2D eigenvalue weighted by atomic mass is 9.70. The summed E-state index contributed by atoms with van der Waals surface area (Å²) in [6, 6.07) is 0.447. The van der Waals surface area contributed by atoms with Crippen LogP contribution in [0.5, 0.6) is 0 Å². The molecule has 0 radical (unpaired) electrons. The van der Waals surface area contributed by atoms with Crippen molar-refractivity contribution in [1.29, 1.82) is 0 Å². The molecular weight excluding hydrogens is 486 g/mol. The molecule has 0 aromatic rings. The second kappa shape index (κ2) is 12.7. The van der Waals surface area contributed by atoms with Crippen LogP contribution in [0, 0.1) is 35.5 Å². The number of rotatable bonds is 9. The van der Waals surface area contributed by atoms with E-state index in [4.69, 9.17) is 9.73 Å². The van der Waals surface area contributed by atoms with Gasteiger partial charge in [0.2, 0.25) is 5.78 Å². The minimum atomic E-state index is -0.971. The molecule has 0 amide bonds. The van der Waals surface area contributed by atoms with Crippen LogP contribution >= 0.6 is 0 Å². The largest absolute Gasteiger partial charge is 0.481 e. The van der Waals surface area contributed by atoms with Crippen LogP contribution in [0.1, 0.15) is 78.6 Å². The number of Topliss-reactive ketones (excluding diaryl/α,β-unsaturated/α-hetero) is 1. The predicted molar refractivity (Wildman–Crippen MR) is 144 cm³/mol. The maximum atomic E-state index is 13.4. The third-order valence-corrected chi connectivity index (χ3v) is 9.28. The predicted octanol–water partition coefficient (Wildman–Crippen LogP) is 3.63. The summed E-state index contributed by atoms with van der Waals surface area (Å²) in [7, 11) is 0. The number of hydrogen-bond acceptors (Lipinski definition) is 7. The van der Waals surface area contributed by atoms with Gasteiger partial charge in [0, 0.05) is 35.7 Å². The first-order chi connectivity index (χ1) is 18.2. The highest BCUT2D eigenvalue weighted by Crippen LogP contribution is 2.39. The number of allylic oxidation sites excluding steroid dienone is 2. The molecule has 6 atom stereocenters. The Balaban J connectivity index is 1.46. The van der Waals surface area contributed by atoms with Crippen molar-refractivity contribution in [2.45, 2.75) is 96.7 Å². The van der Waals surface area contributed by atoms with Crippen molar-refractivity contribution in [3.05, 3.63) is 11.8 Å². The summed E-state index contributed by atoms with van der Waals surface area (Å²) < 4.78 is 5.98. The Labute approximate surface area is 225 Å². The molecule has 4 aliphatic carbocycles. The molecule has 0 aliphatic heterocycles. The third-order valence-electron chi connectivity index (χ3n) is 9.28. The van der Waals surface area contributed by atoms with Crippen molar-refractivity contribution in [3.8, 4) is 0 Å². The van der Waals surface area contributed by atoms with Gasteiger partial charge in [-0.1, -0.05) is 33.6 Å². The van der Waals surface area contributed by atoms with Crippen LogP contribution in [0.25, 0.3) is 0 Å². The smallest absolute Gasteiger partial charge is 0.306 e. The summed E-state index contributed by atoms with van der Waals surface area (Å²) in [4.78, 5) is 41.8. The number of ether oxygens (including phenoxy) is 1. The van der Waals surface area contributed by atoms with Crippen LogP contribution in [-0.2, 0) is 19.1 Å². The molecule has 0 aromatic heterocycles. The van der Waals surface area contributed by atoms with Gasteiger partial charge < -0.3 is 20.3 Å². The Hall–Kier alpha value is -2.26. The quantitative estimate of drug-likeness (QED) is 0.331. The average molecular weight is 532 g/mol. The molecule has 6 unspecified atom stereocenters. The van der Waals surface area contributed by atoms with Crippen LogP contribution in [0.4, 0.5) is 0 Å². The fraction of sp³-hybridized carbons (Fsp3) is 0.793. The van der Waals surface area contributed by atoms with E-state index in [1.54, 1.807) is 0 Å². The summed E-state index contributed by atoms with van der Waals surface area (Å²) in [5, 5.41) is 25.7. The number of nitrogens with zero attached hydrogens (tertiary/aromatic N) is 1. The van der Waals surface area contributed by atoms with Gasteiger partial charge >= 0.3 is 11.9 Å².